The second kappa shape index (κ2) is 11.8. The largest absolute Gasteiger partial charge is 1.00 e. The van der Waals surface area contributed by atoms with Crippen LogP contribution in [0.3, 0.4) is 0 Å². The van der Waals surface area contributed by atoms with Crippen LogP contribution in [0, 0.1) is 0 Å². The number of carboxylic acid groups (broad SMARTS) is 1. The zero-order valence-corrected chi connectivity index (χ0v) is 23.4. The predicted molar refractivity (Wildman–Crippen MR) is 88.8 cm³/mol. The van der Waals surface area contributed by atoms with E-state index in [1.165, 1.54) is 0 Å². The fourth-order valence-electron chi connectivity index (χ4n) is 2.27. The molecule has 0 amide bonds. The summed E-state index contributed by atoms with van der Waals surface area (Å²) < 4.78 is 278. The molecule has 0 bridgehead atoms. The first kappa shape index (κ1) is 43.2. The molecule has 0 aliphatic rings. The van der Waals surface area contributed by atoms with Crippen LogP contribution in [0.5, 0.6) is 0 Å². The molecule has 0 N–H and O–H groups in total. The number of carboxylic acids is 1. The van der Waals surface area contributed by atoms with Crippen LogP contribution < -0.4 is 34.7 Å². The van der Waals surface area contributed by atoms with Crippen molar-refractivity contribution in [3.63, 3.8) is 0 Å². The summed E-state index contributed by atoms with van der Waals surface area (Å²) in [4.78, 5) is 11.1. The molecule has 42 heavy (non-hydrogen) atoms. The third-order valence-corrected chi connectivity index (χ3v) is 8.60. The first-order valence-electron chi connectivity index (χ1n) is 8.92. The van der Waals surface area contributed by atoms with Crippen LogP contribution in [0.25, 0.3) is 0 Å². The van der Waals surface area contributed by atoms with E-state index in [1.54, 1.807) is 0 Å². The zero-order chi connectivity index (χ0) is 34.0. The number of nitrogens with zero attached hydrogens (tertiary/aromatic N) is 2. The molecule has 0 rings (SSSR count). The van der Waals surface area contributed by atoms with E-state index in [-0.39, 0.29) is 29.6 Å². The average molecular weight is 718 g/mol. The second-order valence-electron chi connectivity index (χ2n) is 7.47. The van der Waals surface area contributed by atoms with Gasteiger partial charge in [0, 0.05) is 20.6 Å². The van der Waals surface area contributed by atoms with Gasteiger partial charge < -0.3 is 9.90 Å². The fraction of sp³-hybridized carbons (Fsp3) is 0.923. The van der Waals surface area contributed by atoms with Crippen molar-refractivity contribution in [3.8, 4) is 0 Å². The number of carbonyl (C=O) groups excluding carboxylic acids is 1. The first-order chi connectivity index (χ1) is 17.4. The molecule has 0 aromatic carbocycles. The molecule has 0 radical (unpaired) electrons. The van der Waals surface area contributed by atoms with Crippen molar-refractivity contribution in [1.82, 2.24) is 8.61 Å². The van der Waals surface area contributed by atoms with Gasteiger partial charge in [0.2, 0.25) is 0 Å². The van der Waals surface area contributed by atoms with Crippen molar-refractivity contribution < 1.29 is 135 Å². The number of sulfonamides is 2. The standard InChI is InChI=1S/C13H10F18N2O6S2.Na/c1-32(40(36,37)12(28,29)8(18,19)6(14,15)10(22,23)24)3-4(5(34)35)33(2)41(38,39)13(30,31)9(20,21)7(16,17)11(25,26)27;/h4H,3H2,1-2H3,(H,34,35);/q;+1/p-1. The van der Waals surface area contributed by atoms with Crippen LogP contribution in [0.2, 0.25) is 0 Å². The monoisotopic (exact) mass is 718 g/mol. The maximum absolute atomic E-state index is 13.9. The minimum atomic E-state index is -8.03. The molecule has 0 heterocycles. The number of likely N-dealkylation sites (N-methyl/N-ethyl adjacent to an activating group) is 2. The summed E-state index contributed by atoms with van der Waals surface area (Å²) >= 11 is 0. The van der Waals surface area contributed by atoms with E-state index in [9.17, 15) is 106 Å². The van der Waals surface area contributed by atoms with Crippen molar-refractivity contribution in [1.29, 1.82) is 0 Å². The molecule has 0 aromatic rings. The van der Waals surface area contributed by atoms with Gasteiger partial charge in [0.15, 0.2) is 0 Å². The summed E-state index contributed by atoms with van der Waals surface area (Å²) in [5, 5.41) is -4.23. The van der Waals surface area contributed by atoms with Gasteiger partial charge in [-0.2, -0.15) is 87.6 Å². The number of alkyl halides is 18. The Morgan fingerprint density at radius 1 is 0.595 bits per heavy atom. The summed E-state index contributed by atoms with van der Waals surface area (Å²) in [7, 11) is -17.1. The van der Waals surface area contributed by atoms with Crippen molar-refractivity contribution in [2.24, 2.45) is 0 Å². The Bertz CT molecular complexity index is 1220. The maximum atomic E-state index is 13.9. The Labute approximate surface area is 243 Å². The van der Waals surface area contributed by atoms with E-state index < -0.39 is 108 Å². The van der Waals surface area contributed by atoms with Gasteiger partial charge in [-0.15, -0.1) is 0 Å². The van der Waals surface area contributed by atoms with Crippen LogP contribution in [0.1, 0.15) is 0 Å². The molecular formula is C13H9F18N2NaO6S2. The van der Waals surface area contributed by atoms with E-state index >= 15 is 0 Å². The topological polar surface area (TPSA) is 115 Å². The number of carbonyl (C=O) groups is 1. The molecule has 1 atom stereocenters. The summed E-state index contributed by atoms with van der Waals surface area (Å²) in [5.74, 6) is -35.2. The van der Waals surface area contributed by atoms with E-state index in [2.05, 4.69) is 0 Å². The third kappa shape index (κ3) is 6.25. The van der Waals surface area contributed by atoms with Gasteiger partial charge >= 0.3 is 76.1 Å². The van der Waals surface area contributed by atoms with E-state index in [1.807, 2.05) is 0 Å². The van der Waals surface area contributed by atoms with Gasteiger partial charge in [0.05, 0.1) is 12.0 Å². The van der Waals surface area contributed by atoms with Gasteiger partial charge in [-0.05, 0) is 0 Å². The normalized spacial score (nSPS) is 16.4. The third-order valence-electron chi connectivity index (χ3n) is 4.81. The minimum absolute atomic E-state index is 0. The smallest absolute Gasteiger partial charge is 0.548 e. The Hall–Kier alpha value is -0.970. The van der Waals surface area contributed by atoms with Crippen molar-refractivity contribution >= 4 is 26.0 Å². The fourth-order valence-corrected chi connectivity index (χ4v) is 4.75. The molecule has 0 aliphatic heterocycles. The van der Waals surface area contributed by atoms with Crippen LogP contribution in [-0.2, 0) is 24.8 Å². The summed E-state index contributed by atoms with van der Waals surface area (Å²) in [6, 6.07) is -4.06. The number of hydrogen-bond donors (Lipinski definition) is 0. The van der Waals surface area contributed by atoms with Crippen LogP contribution >= 0.6 is 0 Å². The number of aliphatic carboxylic acids is 1. The van der Waals surface area contributed by atoms with Crippen LogP contribution in [0.4, 0.5) is 79.0 Å². The van der Waals surface area contributed by atoms with Gasteiger partial charge in [-0.3, -0.25) is 0 Å². The SMILES string of the molecule is CN(CC(C(=O)[O-])N(C)S(=O)(=O)C(F)(F)C(F)(F)C(F)(F)C(F)(F)F)S(=O)(=O)C(F)(F)C(F)(F)C(F)(F)C(F)(F)F.[Na+]. The Kier molecular flexibility index (Phi) is 12.1. The maximum Gasteiger partial charge on any atom is 1.00 e. The van der Waals surface area contributed by atoms with Crippen LogP contribution in [0.15, 0.2) is 0 Å². The quantitative estimate of drug-likeness (QED) is 0.199. The van der Waals surface area contributed by atoms with Gasteiger partial charge in [0.25, 0.3) is 20.0 Å². The number of rotatable bonds is 12. The van der Waals surface area contributed by atoms with E-state index in [4.69, 9.17) is 0 Å². The molecule has 0 saturated carbocycles. The Morgan fingerprint density at radius 2 is 0.857 bits per heavy atom. The molecule has 0 fully saturated rings. The second-order valence-corrected chi connectivity index (χ2v) is 11.6. The average Bonchev–Trinajstić information content (AvgIpc) is 2.73. The summed E-state index contributed by atoms with van der Waals surface area (Å²) in [6.45, 7) is -2.92. The molecular weight excluding hydrogens is 709 g/mol. The van der Waals surface area contributed by atoms with Gasteiger partial charge in [-0.1, -0.05) is 0 Å². The molecule has 8 nitrogen and oxygen atoms in total. The molecule has 246 valence electrons. The predicted octanol–water partition coefficient (Wildman–Crippen LogP) is -0.517. The number of hydrogen-bond acceptors (Lipinski definition) is 6. The molecule has 0 aromatic heterocycles. The molecule has 29 heteroatoms. The first-order valence-corrected chi connectivity index (χ1v) is 11.8. The van der Waals surface area contributed by atoms with Gasteiger partial charge in [-0.25, -0.2) is 16.8 Å². The van der Waals surface area contributed by atoms with Gasteiger partial charge in [0.1, 0.15) is 0 Å². The molecule has 1 unspecified atom stereocenters. The Balaban J connectivity index is 0. The minimum Gasteiger partial charge on any atom is -0.548 e. The number of halogens is 18. The Morgan fingerprint density at radius 3 is 1.10 bits per heavy atom. The molecule has 0 saturated heterocycles. The molecule has 0 spiro atoms. The van der Waals surface area contributed by atoms with E-state index in [0.29, 0.717) is 0 Å². The zero-order valence-electron chi connectivity index (χ0n) is 19.7. The van der Waals surface area contributed by atoms with Crippen molar-refractivity contribution in [3.05, 3.63) is 0 Å². The van der Waals surface area contributed by atoms with E-state index in [0.717, 1.165) is 0 Å². The van der Waals surface area contributed by atoms with Crippen molar-refractivity contribution in [2.45, 2.75) is 52.6 Å². The summed E-state index contributed by atoms with van der Waals surface area (Å²) in [5.41, 5.74) is 0. The van der Waals surface area contributed by atoms with Crippen LogP contribution in [-0.4, -0.2) is 105 Å². The molecule has 0 aliphatic carbocycles. The van der Waals surface area contributed by atoms with Crippen molar-refractivity contribution in [2.75, 3.05) is 20.6 Å². The summed E-state index contributed by atoms with van der Waals surface area (Å²) in [6.07, 6.45) is -15.2.